The summed E-state index contributed by atoms with van der Waals surface area (Å²) < 4.78 is 38.7. The van der Waals surface area contributed by atoms with E-state index in [-0.39, 0.29) is 35.5 Å². The maximum atomic E-state index is 13.8. The van der Waals surface area contributed by atoms with E-state index in [1.54, 1.807) is 36.4 Å². The lowest BCUT2D eigenvalue weighted by molar-refractivity contribution is 0.263. The smallest absolute Gasteiger partial charge is 0.219 e. The number of hydrogen-bond acceptors (Lipinski definition) is 4. The van der Waals surface area contributed by atoms with Crippen molar-refractivity contribution in [1.82, 2.24) is 0 Å². The first-order valence-electron chi connectivity index (χ1n) is 7.63. The van der Waals surface area contributed by atoms with Crippen molar-refractivity contribution < 1.29 is 18.3 Å². The fourth-order valence-electron chi connectivity index (χ4n) is 2.74. The third-order valence-corrected chi connectivity index (χ3v) is 4.00. The summed E-state index contributed by atoms with van der Waals surface area (Å²) >= 11 is 0. The van der Waals surface area contributed by atoms with Crippen molar-refractivity contribution in [3.8, 4) is 0 Å². The standard InChI is InChI=1S/C18H14F2N2O2/c19-13-7-3-1-5-11(13)17-21-15(9-23-17)16-10-24-18(22-16)12-6-2-4-8-14(12)20/h1-8,15-16H,9-10H2. The van der Waals surface area contributed by atoms with Crippen LogP contribution in [0.1, 0.15) is 11.1 Å². The molecule has 2 aliphatic rings. The van der Waals surface area contributed by atoms with Crippen LogP contribution in [0.25, 0.3) is 0 Å². The summed E-state index contributed by atoms with van der Waals surface area (Å²) in [4.78, 5) is 8.85. The lowest BCUT2D eigenvalue weighted by Gasteiger charge is -2.07. The van der Waals surface area contributed by atoms with Crippen molar-refractivity contribution in [2.45, 2.75) is 12.1 Å². The van der Waals surface area contributed by atoms with Crippen LogP contribution in [0.2, 0.25) is 0 Å². The zero-order valence-electron chi connectivity index (χ0n) is 12.7. The molecular weight excluding hydrogens is 314 g/mol. The summed E-state index contributed by atoms with van der Waals surface area (Å²) in [6.45, 7) is 0.595. The van der Waals surface area contributed by atoms with Gasteiger partial charge < -0.3 is 9.47 Å². The average molecular weight is 328 g/mol. The molecular formula is C18H14F2N2O2. The van der Waals surface area contributed by atoms with Gasteiger partial charge in [-0.3, -0.25) is 0 Å². The van der Waals surface area contributed by atoms with Crippen LogP contribution in [-0.2, 0) is 9.47 Å². The largest absolute Gasteiger partial charge is 0.475 e. The normalized spacial score (nSPS) is 22.6. The van der Waals surface area contributed by atoms with Crippen molar-refractivity contribution in [2.24, 2.45) is 9.98 Å². The van der Waals surface area contributed by atoms with Gasteiger partial charge in [0.25, 0.3) is 0 Å². The van der Waals surface area contributed by atoms with Crippen LogP contribution in [0.15, 0.2) is 58.5 Å². The number of hydrogen-bond donors (Lipinski definition) is 0. The van der Waals surface area contributed by atoms with Gasteiger partial charge in [-0.05, 0) is 24.3 Å². The maximum Gasteiger partial charge on any atom is 0.219 e. The molecule has 0 saturated heterocycles. The predicted octanol–water partition coefficient (Wildman–Crippen LogP) is 2.96. The molecule has 0 radical (unpaired) electrons. The number of nitrogens with zero attached hydrogens (tertiary/aromatic N) is 2. The molecule has 2 unspecified atom stereocenters. The Morgan fingerprint density at radius 3 is 1.54 bits per heavy atom. The summed E-state index contributed by atoms with van der Waals surface area (Å²) in [5.41, 5.74) is 0.662. The Bertz CT molecular complexity index is 766. The first-order chi connectivity index (χ1) is 11.7. The van der Waals surface area contributed by atoms with Crippen LogP contribution in [0.3, 0.4) is 0 Å². The first kappa shape index (κ1) is 14.8. The molecule has 0 aliphatic carbocycles. The summed E-state index contributed by atoms with van der Waals surface area (Å²) in [6, 6.07) is 12.1. The van der Waals surface area contributed by atoms with Crippen LogP contribution >= 0.6 is 0 Å². The van der Waals surface area contributed by atoms with E-state index in [0.717, 1.165) is 0 Å². The van der Waals surface area contributed by atoms with E-state index in [0.29, 0.717) is 24.3 Å². The van der Waals surface area contributed by atoms with Crippen LogP contribution in [-0.4, -0.2) is 37.1 Å². The van der Waals surface area contributed by atoms with Gasteiger partial charge in [0.05, 0.1) is 11.1 Å². The minimum absolute atomic E-state index is 0.271. The summed E-state index contributed by atoms with van der Waals surface area (Å²) in [5.74, 6) is -0.217. The van der Waals surface area contributed by atoms with Crippen LogP contribution in [0.4, 0.5) is 8.78 Å². The molecule has 122 valence electrons. The molecule has 2 aliphatic heterocycles. The van der Waals surface area contributed by atoms with Gasteiger partial charge in [-0.15, -0.1) is 0 Å². The number of rotatable bonds is 3. The lowest BCUT2D eigenvalue weighted by atomic mass is 10.1. The highest BCUT2D eigenvalue weighted by Crippen LogP contribution is 2.23. The quantitative estimate of drug-likeness (QED) is 0.869. The van der Waals surface area contributed by atoms with Crippen molar-refractivity contribution in [1.29, 1.82) is 0 Å². The van der Waals surface area contributed by atoms with Gasteiger partial charge >= 0.3 is 0 Å². The van der Waals surface area contributed by atoms with Crippen molar-refractivity contribution in [2.75, 3.05) is 13.2 Å². The molecule has 0 amide bonds. The fourth-order valence-corrected chi connectivity index (χ4v) is 2.74. The molecule has 24 heavy (non-hydrogen) atoms. The highest BCUT2D eigenvalue weighted by Gasteiger charge is 2.33. The van der Waals surface area contributed by atoms with Crippen molar-refractivity contribution >= 4 is 11.8 Å². The zero-order valence-corrected chi connectivity index (χ0v) is 12.7. The van der Waals surface area contributed by atoms with Gasteiger partial charge in [0.1, 0.15) is 36.9 Å². The summed E-state index contributed by atoms with van der Waals surface area (Å²) in [7, 11) is 0. The number of halogens is 2. The molecule has 0 N–H and O–H groups in total. The van der Waals surface area contributed by atoms with E-state index >= 15 is 0 Å². The minimum Gasteiger partial charge on any atom is -0.475 e. The van der Waals surface area contributed by atoms with E-state index in [4.69, 9.17) is 9.47 Å². The molecule has 0 fully saturated rings. The van der Waals surface area contributed by atoms with E-state index in [2.05, 4.69) is 9.98 Å². The monoisotopic (exact) mass is 328 g/mol. The van der Waals surface area contributed by atoms with Gasteiger partial charge in [0.2, 0.25) is 11.8 Å². The number of aliphatic imine (C=N–C) groups is 2. The maximum absolute atomic E-state index is 13.8. The highest BCUT2D eigenvalue weighted by atomic mass is 19.1. The molecule has 6 heteroatoms. The van der Waals surface area contributed by atoms with Gasteiger partial charge in [-0.2, -0.15) is 0 Å². The molecule has 4 nitrogen and oxygen atoms in total. The molecule has 2 aromatic rings. The Morgan fingerprint density at radius 1 is 0.708 bits per heavy atom. The molecule has 0 bridgehead atoms. The Kier molecular flexibility index (Phi) is 3.72. The first-order valence-corrected chi connectivity index (χ1v) is 7.63. The van der Waals surface area contributed by atoms with E-state index in [1.165, 1.54) is 12.1 Å². The Balaban J connectivity index is 1.56. The van der Waals surface area contributed by atoms with Gasteiger partial charge in [0.15, 0.2) is 0 Å². The second-order valence-electron chi connectivity index (χ2n) is 5.58. The zero-order chi connectivity index (χ0) is 16.5. The van der Waals surface area contributed by atoms with Gasteiger partial charge in [-0.1, -0.05) is 24.3 Å². The van der Waals surface area contributed by atoms with Crippen molar-refractivity contribution in [3.63, 3.8) is 0 Å². The van der Waals surface area contributed by atoms with Crippen LogP contribution in [0, 0.1) is 11.6 Å². The van der Waals surface area contributed by atoms with E-state index < -0.39 is 0 Å². The Hall–Kier alpha value is -2.76. The van der Waals surface area contributed by atoms with E-state index in [1.807, 2.05) is 0 Å². The summed E-state index contributed by atoms with van der Waals surface area (Å²) in [6.07, 6.45) is 0. The second-order valence-corrected chi connectivity index (χ2v) is 5.58. The van der Waals surface area contributed by atoms with Gasteiger partial charge in [0, 0.05) is 0 Å². The minimum atomic E-state index is -0.380. The molecule has 4 rings (SSSR count). The third kappa shape index (κ3) is 2.64. The Labute approximate surface area is 137 Å². The molecule has 0 spiro atoms. The highest BCUT2D eigenvalue weighted by molar-refractivity contribution is 5.96. The summed E-state index contributed by atoms with van der Waals surface area (Å²) in [5, 5.41) is 0. The average Bonchev–Trinajstić information content (AvgIpc) is 3.25. The van der Waals surface area contributed by atoms with Crippen LogP contribution < -0.4 is 0 Å². The van der Waals surface area contributed by atoms with Crippen LogP contribution in [0.5, 0.6) is 0 Å². The Morgan fingerprint density at radius 2 is 1.12 bits per heavy atom. The SMILES string of the molecule is Fc1ccccc1C1=NC(C2COC(c3ccccc3F)=N2)CO1. The topological polar surface area (TPSA) is 43.2 Å². The predicted molar refractivity (Wildman–Crippen MR) is 85.4 cm³/mol. The lowest BCUT2D eigenvalue weighted by Crippen LogP contribution is -2.25. The molecule has 2 atom stereocenters. The molecule has 2 aromatic carbocycles. The van der Waals surface area contributed by atoms with Gasteiger partial charge in [-0.25, -0.2) is 18.8 Å². The molecule has 0 saturated carbocycles. The molecule has 2 heterocycles. The molecule has 0 aromatic heterocycles. The fraction of sp³-hybridized carbons (Fsp3) is 0.222. The van der Waals surface area contributed by atoms with Crippen molar-refractivity contribution in [3.05, 3.63) is 71.3 Å². The third-order valence-electron chi connectivity index (χ3n) is 4.00. The van der Waals surface area contributed by atoms with E-state index in [9.17, 15) is 8.78 Å². The number of ether oxygens (including phenoxy) is 2. The second kappa shape index (κ2) is 6.03. The number of benzene rings is 2.